The summed E-state index contributed by atoms with van der Waals surface area (Å²) in [5.74, 6) is -0.309. The molecule has 0 aromatic heterocycles. The predicted octanol–water partition coefficient (Wildman–Crippen LogP) is 16.1. The van der Waals surface area contributed by atoms with Gasteiger partial charge in [-0.2, -0.15) is 0 Å². The predicted molar refractivity (Wildman–Crippen MR) is 391 cm³/mol. The average molecular weight is 1320 g/mol. The molecule has 1 heterocycles. The quantitative estimate of drug-likeness (QED) is 0.0311. The second-order valence-electron chi connectivity index (χ2n) is 25.7. The highest BCUT2D eigenvalue weighted by Crippen LogP contribution is 2.54. The highest BCUT2D eigenvalue weighted by molar-refractivity contribution is 7.80. The number of carbonyl (C=O) groups is 5. The third-order valence-electron chi connectivity index (χ3n) is 17.6. The number of aryl methyl sites for hydroxylation is 4. The van der Waals surface area contributed by atoms with Gasteiger partial charge in [0.1, 0.15) is 23.0 Å². The maximum atomic E-state index is 14.7. The van der Waals surface area contributed by atoms with Gasteiger partial charge in [0, 0.05) is 75.0 Å². The zero-order chi connectivity index (χ0) is 68.0. The van der Waals surface area contributed by atoms with Crippen molar-refractivity contribution in [1.82, 2.24) is 0 Å². The first-order valence-corrected chi connectivity index (χ1v) is 34.9. The number of anilines is 2. The first kappa shape index (κ1) is 66.5. The SMILES string of the molecule is Cc1cc(C)c(C(C)(C)CC(=O)Nc2ccc3c(c2)Oc2cc(NC(=O)CC(C)(C)c4c(C)cc(C)cc4OC(=O)c4ccccc4P(c4ccccc4)c4ccccc4)ccc2C3(OC=O)c2ccccc2)c(OC(=O)c2ccccc2P(c2ccccc2)c2ccccc2)c1. The number of amides is 2. The van der Waals surface area contributed by atoms with E-state index in [1.807, 2.05) is 231 Å². The van der Waals surface area contributed by atoms with Crippen molar-refractivity contribution in [3.05, 3.63) is 322 Å². The fourth-order valence-electron chi connectivity index (χ4n) is 13.8. The number of fused-ring (bicyclic) bond motifs is 2. The number of esters is 2. The van der Waals surface area contributed by atoms with E-state index in [9.17, 15) is 24.0 Å². The molecule has 11 aromatic rings. The Morgan fingerprint density at radius 3 is 1.13 bits per heavy atom. The number of hydrogen-bond acceptors (Lipinski definition) is 9. The molecule has 0 radical (unpaired) electrons. The van der Waals surface area contributed by atoms with Gasteiger partial charge in [-0.25, -0.2) is 9.59 Å². The zero-order valence-corrected chi connectivity index (χ0v) is 57.2. The van der Waals surface area contributed by atoms with Crippen LogP contribution < -0.4 is 56.7 Å². The second-order valence-corrected chi connectivity index (χ2v) is 30.1. The third-order valence-corrected chi connectivity index (χ3v) is 22.6. The summed E-state index contributed by atoms with van der Waals surface area (Å²) >= 11 is 0. The van der Waals surface area contributed by atoms with Gasteiger partial charge in [-0.3, -0.25) is 14.4 Å². The molecule has 11 nitrogen and oxygen atoms in total. The minimum absolute atomic E-state index is 0.00990. The fraction of sp³-hybridized carbons (Fsp3) is 0.155. The van der Waals surface area contributed by atoms with Crippen molar-refractivity contribution in [2.75, 3.05) is 10.6 Å². The average Bonchev–Trinajstić information content (AvgIpc) is 0.719. The molecule has 12 rings (SSSR count). The summed E-state index contributed by atoms with van der Waals surface area (Å²) in [6, 6.07) is 83.6. The Labute approximate surface area is 569 Å². The lowest BCUT2D eigenvalue weighted by molar-refractivity contribution is -0.137. The van der Waals surface area contributed by atoms with Gasteiger partial charge < -0.3 is 29.6 Å². The van der Waals surface area contributed by atoms with Gasteiger partial charge in [-0.15, -0.1) is 0 Å². The van der Waals surface area contributed by atoms with E-state index in [-0.39, 0.29) is 24.7 Å². The molecule has 0 unspecified atom stereocenters. The minimum atomic E-state index is -1.52. The van der Waals surface area contributed by atoms with Crippen LogP contribution in [-0.2, 0) is 35.6 Å². The van der Waals surface area contributed by atoms with E-state index < -0.39 is 44.2 Å². The molecule has 13 heteroatoms. The van der Waals surface area contributed by atoms with Crippen LogP contribution in [0, 0.1) is 27.7 Å². The Hall–Kier alpha value is -10.6. The molecule has 0 saturated heterocycles. The van der Waals surface area contributed by atoms with Crippen LogP contribution in [0.5, 0.6) is 23.0 Å². The van der Waals surface area contributed by atoms with Crippen LogP contribution in [0.4, 0.5) is 11.4 Å². The zero-order valence-electron chi connectivity index (χ0n) is 55.4. The standard InChI is InChI=1S/C84H74N2O9P2/c1-55-46-57(3)78(72(48-55)94-80(90)66-38-24-26-40-74(66)96(62-30-16-10-17-31-62)63-32-18-11-19-33-63)82(5,6)52-76(88)85-60-42-44-68-70(50-60)93-71-51-61(43-45-69(71)84(68,92-54-87)59-28-14-9-15-29-59)86-77(89)53-83(7,8)79-58(4)47-56(2)49-73(79)95-81(91)67-39-25-27-41-75(67)97(64-34-20-12-21-35-64)65-36-22-13-23-37-65/h9-51,54H,52-53H2,1-8H3,(H,85,88)(H,86,89). The molecular weight excluding hydrogens is 1240 g/mol. The van der Waals surface area contributed by atoms with Crippen LogP contribution in [0.25, 0.3) is 0 Å². The van der Waals surface area contributed by atoms with Gasteiger partial charge >= 0.3 is 11.9 Å². The summed E-state index contributed by atoms with van der Waals surface area (Å²) < 4.78 is 26.0. The Kier molecular flexibility index (Phi) is 19.5. The molecule has 2 N–H and O–H groups in total. The van der Waals surface area contributed by atoms with Crippen molar-refractivity contribution in [3.63, 3.8) is 0 Å². The van der Waals surface area contributed by atoms with Crippen LogP contribution in [0.15, 0.2) is 261 Å². The van der Waals surface area contributed by atoms with Crippen molar-refractivity contribution in [2.45, 2.75) is 84.7 Å². The lowest BCUT2D eigenvalue weighted by atomic mass is 9.77. The van der Waals surface area contributed by atoms with E-state index in [1.165, 1.54) is 0 Å². The second kappa shape index (κ2) is 28.4. The van der Waals surface area contributed by atoms with Gasteiger partial charge in [0.05, 0.1) is 11.1 Å². The fourth-order valence-corrected chi connectivity index (χ4v) is 18.6. The molecule has 0 spiro atoms. The molecule has 0 atom stereocenters. The topological polar surface area (TPSA) is 146 Å². The Morgan fingerprint density at radius 2 is 0.773 bits per heavy atom. The minimum Gasteiger partial charge on any atom is -0.456 e. The van der Waals surface area contributed by atoms with Gasteiger partial charge in [0.15, 0.2) is 5.60 Å². The van der Waals surface area contributed by atoms with E-state index in [2.05, 4.69) is 59.2 Å². The van der Waals surface area contributed by atoms with Crippen LogP contribution in [0.1, 0.15) is 111 Å². The molecule has 2 amide bonds. The molecule has 1 aliphatic heterocycles. The molecule has 11 aromatic carbocycles. The van der Waals surface area contributed by atoms with Crippen molar-refractivity contribution in [1.29, 1.82) is 0 Å². The summed E-state index contributed by atoms with van der Waals surface area (Å²) in [4.78, 5) is 71.4. The van der Waals surface area contributed by atoms with E-state index in [0.29, 0.717) is 79.8 Å². The van der Waals surface area contributed by atoms with Crippen LogP contribution in [-0.4, -0.2) is 30.2 Å². The van der Waals surface area contributed by atoms with Gasteiger partial charge in [0.2, 0.25) is 11.8 Å². The molecule has 0 saturated carbocycles. The number of rotatable bonds is 21. The molecule has 484 valence electrons. The Balaban J connectivity index is 0.791. The van der Waals surface area contributed by atoms with Crippen LogP contribution >= 0.6 is 15.8 Å². The Morgan fingerprint density at radius 1 is 0.433 bits per heavy atom. The van der Waals surface area contributed by atoms with Crippen LogP contribution in [0.3, 0.4) is 0 Å². The van der Waals surface area contributed by atoms with Gasteiger partial charge in [-0.05, 0) is 146 Å². The summed E-state index contributed by atoms with van der Waals surface area (Å²) in [6.45, 7) is 16.1. The summed E-state index contributed by atoms with van der Waals surface area (Å²) in [7, 11) is -2.27. The van der Waals surface area contributed by atoms with Gasteiger partial charge in [-0.1, -0.05) is 228 Å². The molecule has 0 aliphatic carbocycles. The van der Waals surface area contributed by atoms with E-state index in [4.69, 9.17) is 18.9 Å². The van der Waals surface area contributed by atoms with Crippen molar-refractivity contribution in [2.24, 2.45) is 0 Å². The molecule has 1 aliphatic rings. The van der Waals surface area contributed by atoms with E-state index in [1.54, 1.807) is 36.4 Å². The molecule has 0 bridgehead atoms. The largest absolute Gasteiger partial charge is 0.456 e. The summed E-state index contributed by atoms with van der Waals surface area (Å²) in [5, 5.41) is 12.3. The highest BCUT2D eigenvalue weighted by atomic mass is 31.1. The van der Waals surface area contributed by atoms with E-state index >= 15 is 0 Å². The maximum absolute atomic E-state index is 14.7. The first-order valence-electron chi connectivity index (χ1n) is 32.2. The maximum Gasteiger partial charge on any atom is 0.344 e. The number of benzene rings is 11. The normalized spacial score (nSPS) is 12.4. The monoisotopic (exact) mass is 1320 g/mol. The third kappa shape index (κ3) is 14.1. The number of hydrogen-bond donors (Lipinski definition) is 2. The molecule has 0 fully saturated rings. The number of nitrogens with one attached hydrogen (secondary N) is 2. The lowest BCUT2D eigenvalue weighted by Crippen LogP contribution is -2.35. The summed E-state index contributed by atoms with van der Waals surface area (Å²) in [6.07, 6.45) is -0.0198. The lowest BCUT2D eigenvalue weighted by Gasteiger charge is -2.39. The highest BCUT2D eigenvalue weighted by Gasteiger charge is 2.47. The smallest absolute Gasteiger partial charge is 0.344 e. The van der Waals surface area contributed by atoms with E-state index in [0.717, 1.165) is 54.1 Å². The number of carbonyl (C=O) groups excluding carboxylic acids is 5. The van der Waals surface area contributed by atoms with Crippen LogP contribution in [0.2, 0.25) is 0 Å². The molecule has 97 heavy (non-hydrogen) atoms. The first-order chi connectivity index (χ1) is 46.8. The van der Waals surface area contributed by atoms with Gasteiger partial charge in [0.25, 0.3) is 6.47 Å². The Bertz CT molecular complexity index is 4400. The van der Waals surface area contributed by atoms with Crippen molar-refractivity contribution >= 4 is 89.3 Å². The number of ether oxygens (including phenoxy) is 4. The van der Waals surface area contributed by atoms with Crippen molar-refractivity contribution < 1.29 is 42.9 Å². The summed E-state index contributed by atoms with van der Waals surface area (Å²) in [5.41, 5.74) is 5.05. The van der Waals surface area contributed by atoms with Crippen molar-refractivity contribution in [3.8, 4) is 23.0 Å². The molecular formula is C84H74N2O9P2.